The number of aromatic nitrogens is 2. The van der Waals surface area contributed by atoms with Gasteiger partial charge in [0.15, 0.2) is 0 Å². The van der Waals surface area contributed by atoms with Gasteiger partial charge in [0.25, 0.3) is 5.56 Å². The van der Waals surface area contributed by atoms with Gasteiger partial charge in [0.1, 0.15) is 4.47 Å². The Bertz CT molecular complexity index is 391. The smallest absolute Gasteiger partial charge is 0.310 e. The van der Waals surface area contributed by atoms with Gasteiger partial charge in [0.2, 0.25) is 0 Å². The Hall–Kier alpha value is -0.840. The SMILES string of the molecule is Cc1[nH]c(=O)n(C)c(=O)c1Br. The predicted molar refractivity (Wildman–Crippen MR) is 44.7 cm³/mol. The van der Waals surface area contributed by atoms with E-state index in [-0.39, 0.29) is 5.56 Å². The Morgan fingerprint density at radius 1 is 1.45 bits per heavy atom. The van der Waals surface area contributed by atoms with Gasteiger partial charge >= 0.3 is 5.69 Å². The van der Waals surface area contributed by atoms with E-state index < -0.39 is 5.69 Å². The molecule has 0 fully saturated rings. The highest BCUT2D eigenvalue weighted by Crippen LogP contribution is 2.03. The third-order valence-corrected chi connectivity index (χ3v) is 2.35. The molecule has 0 aliphatic heterocycles. The Labute approximate surface area is 71.0 Å². The Morgan fingerprint density at radius 3 is 2.55 bits per heavy atom. The van der Waals surface area contributed by atoms with Crippen LogP contribution in [0.25, 0.3) is 0 Å². The first-order valence-corrected chi connectivity index (χ1v) is 3.78. The van der Waals surface area contributed by atoms with E-state index >= 15 is 0 Å². The monoisotopic (exact) mass is 218 g/mol. The molecular weight excluding hydrogens is 212 g/mol. The van der Waals surface area contributed by atoms with Crippen molar-refractivity contribution in [2.75, 3.05) is 0 Å². The largest absolute Gasteiger partial charge is 0.328 e. The summed E-state index contributed by atoms with van der Waals surface area (Å²) < 4.78 is 1.41. The van der Waals surface area contributed by atoms with E-state index in [0.29, 0.717) is 10.2 Å². The molecule has 4 nitrogen and oxygen atoms in total. The van der Waals surface area contributed by atoms with Crippen molar-refractivity contribution in [1.29, 1.82) is 0 Å². The maximum Gasteiger partial charge on any atom is 0.328 e. The quantitative estimate of drug-likeness (QED) is 0.674. The van der Waals surface area contributed by atoms with Crippen molar-refractivity contribution in [2.45, 2.75) is 6.92 Å². The first-order chi connectivity index (χ1) is 5.04. The van der Waals surface area contributed by atoms with Crippen LogP contribution >= 0.6 is 15.9 Å². The summed E-state index contributed by atoms with van der Waals surface area (Å²) in [5, 5.41) is 0. The summed E-state index contributed by atoms with van der Waals surface area (Å²) in [7, 11) is 1.42. The van der Waals surface area contributed by atoms with Crippen LogP contribution in [0.1, 0.15) is 5.69 Å². The van der Waals surface area contributed by atoms with Crippen LogP contribution in [-0.2, 0) is 7.05 Å². The first kappa shape index (κ1) is 8.26. The van der Waals surface area contributed by atoms with Crippen molar-refractivity contribution in [1.82, 2.24) is 9.55 Å². The molecule has 0 spiro atoms. The molecule has 1 heterocycles. The summed E-state index contributed by atoms with van der Waals surface area (Å²) in [6.45, 7) is 1.66. The fraction of sp³-hybridized carbons (Fsp3) is 0.333. The van der Waals surface area contributed by atoms with Crippen LogP contribution in [0.15, 0.2) is 14.1 Å². The molecule has 1 N–H and O–H groups in total. The third kappa shape index (κ3) is 1.28. The fourth-order valence-electron chi connectivity index (χ4n) is 0.699. The number of rotatable bonds is 0. The Morgan fingerprint density at radius 2 is 2.00 bits per heavy atom. The molecule has 1 aromatic rings. The van der Waals surface area contributed by atoms with E-state index in [1.807, 2.05) is 0 Å². The number of H-pyrrole nitrogens is 1. The maximum atomic E-state index is 11.1. The van der Waals surface area contributed by atoms with Gasteiger partial charge in [0, 0.05) is 12.7 Å². The number of nitrogens with zero attached hydrogens (tertiary/aromatic N) is 1. The molecule has 0 aromatic carbocycles. The summed E-state index contributed by atoms with van der Waals surface area (Å²) >= 11 is 3.06. The second-order valence-corrected chi connectivity index (χ2v) is 3.03. The standard InChI is InChI=1S/C6H7BrN2O2/c1-3-4(7)5(10)9(2)6(11)8-3/h1-2H3,(H,8,11). The van der Waals surface area contributed by atoms with Crippen LogP contribution in [0.5, 0.6) is 0 Å². The van der Waals surface area contributed by atoms with Gasteiger partial charge in [-0.2, -0.15) is 0 Å². The molecule has 0 bridgehead atoms. The number of halogens is 1. The van der Waals surface area contributed by atoms with Gasteiger partial charge in [-0.25, -0.2) is 4.79 Å². The minimum atomic E-state index is -0.393. The van der Waals surface area contributed by atoms with Gasteiger partial charge in [0.05, 0.1) is 0 Å². The van der Waals surface area contributed by atoms with Gasteiger partial charge in [-0.1, -0.05) is 0 Å². The normalized spacial score (nSPS) is 10.1. The predicted octanol–water partition coefficient (Wildman–Crippen LogP) is 0.145. The maximum absolute atomic E-state index is 11.1. The second kappa shape index (κ2) is 2.65. The van der Waals surface area contributed by atoms with Gasteiger partial charge in [-0.3, -0.25) is 9.36 Å². The summed E-state index contributed by atoms with van der Waals surface area (Å²) in [4.78, 5) is 24.5. The third-order valence-electron chi connectivity index (χ3n) is 1.42. The lowest BCUT2D eigenvalue weighted by Gasteiger charge is -1.98. The van der Waals surface area contributed by atoms with Crippen molar-refractivity contribution in [3.63, 3.8) is 0 Å². The van der Waals surface area contributed by atoms with Crippen LogP contribution in [0.2, 0.25) is 0 Å². The van der Waals surface area contributed by atoms with E-state index in [0.717, 1.165) is 4.57 Å². The van der Waals surface area contributed by atoms with E-state index in [1.54, 1.807) is 6.92 Å². The zero-order valence-corrected chi connectivity index (χ0v) is 7.73. The molecule has 0 radical (unpaired) electrons. The van der Waals surface area contributed by atoms with E-state index in [2.05, 4.69) is 20.9 Å². The molecule has 0 aliphatic carbocycles. The molecule has 0 saturated heterocycles. The summed E-state index contributed by atoms with van der Waals surface area (Å²) in [6, 6.07) is 0. The zero-order chi connectivity index (χ0) is 8.59. The van der Waals surface area contributed by atoms with Gasteiger partial charge < -0.3 is 4.98 Å². The van der Waals surface area contributed by atoms with E-state index in [9.17, 15) is 9.59 Å². The zero-order valence-electron chi connectivity index (χ0n) is 6.14. The Kier molecular flexibility index (Phi) is 1.99. The number of hydrogen-bond donors (Lipinski definition) is 1. The molecule has 11 heavy (non-hydrogen) atoms. The second-order valence-electron chi connectivity index (χ2n) is 2.23. The molecule has 1 aromatic heterocycles. The lowest BCUT2D eigenvalue weighted by Crippen LogP contribution is -2.33. The molecule has 0 aliphatic rings. The number of aromatic amines is 1. The van der Waals surface area contributed by atoms with Crippen molar-refractivity contribution in [3.05, 3.63) is 31.0 Å². The molecule has 60 valence electrons. The highest BCUT2D eigenvalue weighted by molar-refractivity contribution is 9.10. The molecule has 0 saturated carbocycles. The van der Waals surface area contributed by atoms with Gasteiger partial charge in [-0.15, -0.1) is 0 Å². The summed E-state index contributed by atoms with van der Waals surface area (Å²) in [5.41, 5.74) is -0.153. The van der Waals surface area contributed by atoms with Crippen molar-refractivity contribution in [2.24, 2.45) is 7.05 Å². The molecule has 1 rings (SSSR count). The highest BCUT2D eigenvalue weighted by Gasteiger charge is 2.03. The molecule has 0 atom stereocenters. The number of nitrogens with one attached hydrogen (secondary N) is 1. The molecule has 0 amide bonds. The minimum Gasteiger partial charge on any atom is -0.310 e. The molecular formula is C6H7BrN2O2. The van der Waals surface area contributed by atoms with Crippen molar-refractivity contribution >= 4 is 15.9 Å². The average molecular weight is 219 g/mol. The molecule has 0 unspecified atom stereocenters. The van der Waals surface area contributed by atoms with E-state index in [1.165, 1.54) is 7.05 Å². The average Bonchev–Trinajstić information content (AvgIpc) is 1.97. The highest BCUT2D eigenvalue weighted by atomic mass is 79.9. The van der Waals surface area contributed by atoms with Crippen LogP contribution in [0.4, 0.5) is 0 Å². The minimum absolute atomic E-state index is 0.314. The fourth-order valence-corrected chi connectivity index (χ4v) is 1.06. The Balaban J connectivity index is 3.74. The van der Waals surface area contributed by atoms with Crippen molar-refractivity contribution < 1.29 is 0 Å². The van der Waals surface area contributed by atoms with Crippen molar-refractivity contribution in [3.8, 4) is 0 Å². The van der Waals surface area contributed by atoms with Gasteiger partial charge in [-0.05, 0) is 22.9 Å². The van der Waals surface area contributed by atoms with Crippen LogP contribution < -0.4 is 11.2 Å². The van der Waals surface area contributed by atoms with Crippen LogP contribution in [0, 0.1) is 6.92 Å². The lowest BCUT2D eigenvalue weighted by molar-refractivity contribution is 0.757. The summed E-state index contributed by atoms with van der Waals surface area (Å²) in [5.74, 6) is 0. The summed E-state index contributed by atoms with van der Waals surface area (Å²) in [6.07, 6.45) is 0. The first-order valence-electron chi connectivity index (χ1n) is 2.99. The lowest BCUT2D eigenvalue weighted by atomic mass is 10.4. The van der Waals surface area contributed by atoms with Crippen LogP contribution in [-0.4, -0.2) is 9.55 Å². The number of aryl methyl sites for hydroxylation is 1. The van der Waals surface area contributed by atoms with Crippen LogP contribution in [0.3, 0.4) is 0 Å². The topological polar surface area (TPSA) is 54.9 Å². The van der Waals surface area contributed by atoms with E-state index in [4.69, 9.17) is 0 Å². The molecule has 5 heteroatoms. The number of hydrogen-bond acceptors (Lipinski definition) is 2.